The van der Waals surface area contributed by atoms with Crippen LogP contribution in [0.25, 0.3) is 0 Å². The quantitative estimate of drug-likeness (QED) is 0.694. The SMILES string of the molecule is Cc1cc(Cl)ccc1Nc1nccc(C(=O)Nc2ccc(F)cc2F)n1. The monoisotopic (exact) mass is 374 g/mol. The summed E-state index contributed by atoms with van der Waals surface area (Å²) in [5, 5.41) is 5.94. The zero-order valence-corrected chi connectivity index (χ0v) is 14.3. The van der Waals surface area contributed by atoms with Gasteiger partial charge in [-0.1, -0.05) is 11.6 Å². The zero-order valence-electron chi connectivity index (χ0n) is 13.6. The predicted molar refractivity (Wildman–Crippen MR) is 95.8 cm³/mol. The van der Waals surface area contributed by atoms with Crippen molar-refractivity contribution in [1.29, 1.82) is 0 Å². The summed E-state index contributed by atoms with van der Waals surface area (Å²) < 4.78 is 26.6. The fraction of sp³-hybridized carbons (Fsp3) is 0.0556. The number of anilines is 3. The number of carbonyl (C=O) groups excluding carboxylic acids is 1. The van der Waals surface area contributed by atoms with E-state index in [0.29, 0.717) is 11.1 Å². The van der Waals surface area contributed by atoms with Gasteiger partial charge in [0.15, 0.2) is 0 Å². The van der Waals surface area contributed by atoms with Crippen LogP contribution in [0, 0.1) is 18.6 Å². The number of aryl methyl sites for hydroxylation is 1. The van der Waals surface area contributed by atoms with E-state index >= 15 is 0 Å². The Morgan fingerprint density at radius 3 is 2.58 bits per heavy atom. The highest BCUT2D eigenvalue weighted by Gasteiger charge is 2.13. The first-order valence-electron chi connectivity index (χ1n) is 7.55. The molecule has 0 atom stereocenters. The molecule has 2 aromatic carbocycles. The standard InChI is InChI=1S/C18H13ClF2N4O/c1-10-8-11(19)2-4-14(10)24-18-22-7-6-16(25-18)17(26)23-15-5-3-12(20)9-13(15)21/h2-9H,1H3,(H,23,26)(H,22,24,25). The second kappa shape index (κ2) is 7.45. The minimum atomic E-state index is -0.873. The molecule has 0 radical (unpaired) electrons. The van der Waals surface area contributed by atoms with E-state index in [1.807, 2.05) is 6.92 Å². The van der Waals surface area contributed by atoms with E-state index in [0.717, 1.165) is 23.4 Å². The lowest BCUT2D eigenvalue weighted by atomic mass is 10.2. The molecule has 8 heteroatoms. The summed E-state index contributed by atoms with van der Waals surface area (Å²) in [7, 11) is 0. The first-order chi connectivity index (χ1) is 12.4. The summed E-state index contributed by atoms with van der Waals surface area (Å²) in [5.41, 5.74) is 1.50. The first-order valence-corrected chi connectivity index (χ1v) is 7.93. The molecule has 1 amide bonds. The number of nitrogens with zero attached hydrogens (tertiary/aromatic N) is 2. The van der Waals surface area contributed by atoms with Crippen LogP contribution in [0.15, 0.2) is 48.7 Å². The number of amides is 1. The molecule has 1 aromatic heterocycles. The molecule has 26 heavy (non-hydrogen) atoms. The van der Waals surface area contributed by atoms with Crippen molar-refractivity contribution in [2.45, 2.75) is 6.92 Å². The van der Waals surface area contributed by atoms with Crippen molar-refractivity contribution in [3.63, 3.8) is 0 Å². The van der Waals surface area contributed by atoms with Crippen LogP contribution in [-0.4, -0.2) is 15.9 Å². The molecule has 0 unspecified atom stereocenters. The molecule has 2 N–H and O–H groups in total. The maximum Gasteiger partial charge on any atom is 0.274 e. The van der Waals surface area contributed by atoms with E-state index in [-0.39, 0.29) is 17.3 Å². The Balaban J connectivity index is 1.79. The van der Waals surface area contributed by atoms with E-state index < -0.39 is 17.5 Å². The topological polar surface area (TPSA) is 66.9 Å². The maximum absolute atomic E-state index is 13.7. The lowest BCUT2D eigenvalue weighted by Gasteiger charge is -2.10. The van der Waals surface area contributed by atoms with Gasteiger partial charge in [0.05, 0.1) is 5.69 Å². The smallest absolute Gasteiger partial charge is 0.274 e. The Morgan fingerprint density at radius 1 is 1.08 bits per heavy atom. The van der Waals surface area contributed by atoms with Crippen molar-refractivity contribution in [2.75, 3.05) is 10.6 Å². The van der Waals surface area contributed by atoms with Gasteiger partial charge >= 0.3 is 0 Å². The Kier molecular flexibility index (Phi) is 5.09. The van der Waals surface area contributed by atoms with Crippen molar-refractivity contribution in [3.8, 4) is 0 Å². The molecule has 5 nitrogen and oxygen atoms in total. The normalized spacial score (nSPS) is 10.5. The number of carbonyl (C=O) groups is 1. The number of halogens is 3. The van der Waals surface area contributed by atoms with Gasteiger partial charge in [-0.25, -0.2) is 18.7 Å². The lowest BCUT2D eigenvalue weighted by molar-refractivity contribution is 0.102. The Morgan fingerprint density at radius 2 is 1.85 bits per heavy atom. The molecule has 0 aliphatic rings. The van der Waals surface area contributed by atoms with E-state index in [9.17, 15) is 13.6 Å². The highest BCUT2D eigenvalue weighted by atomic mass is 35.5. The third kappa shape index (κ3) is 4.12. The molecule has 0 aliphatic heterocycles. The van der Waals surface area contributed by atoms with E-state index in [2.05, 4.69) is 20.6 Å². The van der Waals surface area contributed by atoms with Crippen LogP contribution in [0.3, 0.4) is 0 Å². The van der Waals surface area contributed by atoms with Gasteiger partial charge in [-0.15, -0.1) is 0 Å². The van der Waals surface area contributed by atoms with Gasteiger partial charge in [-0.05, 0) is 48.9 Å². The van der Waals surface area contributed by atoms with Crippen molar-refractivity contribution in [1.82, 2.24) is 9.97 Å². The first kappa shape index (κ1) is 17.8. The number of hydrogen-bond donors (Lipinski definition) is 2. The van der Waals surface area contributed by atoms with Crippen LogP contribution in [0.5, 0.6) is 0 Å². The molecule has 0 saturated carbocycles. The van der Waals surface area contributed by atoms with Crippen LogP contribution in [0.2, 0.25) is 5.02 Å². The molecule has 3 aromatic rings. The molecule has 0 bridgehead atoms. The fourth-order valence-electron chi connectivity index (χ4n) is 2.21. The van der Waals surface area contributed by atoms with Crippen molar-refractivity contribution in [3.05, 3.63) is 76.6 Å². The van der Waals surface area contributed by atoms with Crippen LogP contribution in [-0.2, 0) is 0 Å². The van der Waals surface area contributed by atoms with E-state index in [1.54, 1.807) is 18.2 Å². The third-order valence-electron chi connectivity index (χ3n) is 3.50. The Bertz CT molecular complexity index is 981. The minimum absolute atomic E-state index is 0.0258. The largest absolute Gasteiger partial charge is 0.324 e. The van der Waals surface area contributed by atoms with Crippen molar-refractivity contribution in [2.24, 2.45) is 0 Å². The van der Waals surface area contributed by atoms with Crippen LogP contribution >= 0.6 is 11.6 Å². The fourth-order valence-corrected chi connectivity index (χ4v) is 2.44. The zero-order chi connectivity index (χ0) is 18.7. The second-order valence-electron chi connectivity index (χ2n) is 5.43. The highest BCUT2D eigenvalue weighted by molar-refractivity contribution is 6.30. The highest BCUT2D eigenvalue weighted by Crippen LogP contribution is 2.22. The summed E-state index contributed by atoms with van der Waals surface area (Å²) in [6.45, 7) is 1.86. The number of benzene rings is 2. The molecule has 0 aliphatic carbocycles. The van der Waals surface area contributed by atoms with Crippen molar-refractivity contribution < 1.29 is 13.6 Å². The molecular formula is C18H13ClF2N4O. The van der Waals surface area contributed by atoms with E-state index in [1.165, 1.54) is 12.3 Å². The number of rotatable bonds is 4. The summed E-state index contributed by atoms with van der Waals surface area (Å²) in [6.07, 6.45) is 1.40. The summed E-state index contributed by atoms with van der Waals surface area (Å²) in [5.74, 6) is -2.05. The van der Waals surface area contributed by atoms with Gasteiger partial charge in [0, 0.05) is 23.0 Å². The van der Waals surface area contributed by atoms with Gasteiger partial charge < -0.3 is 10.6 Å². The van der Waals surface area contributed by atoms with Gasteiger partial charge in [0.25, 0.3) is 5.91 Å². The minimum Gasteiger partial charge on any atom is -0.324 e. The molecule has 0 fully saturated rings. The average Bonchev–Trinajstić information content (AvgIpc) is 2.60. The number of hydrogen-bond acceptors (Lipinski definition) is 4. The number of nitrogens with one attached hydrogen (secondary N) is 2. The Hall–Kier alpha value is -3.06. The van der Waals surface area contributed by atoms with Crippen LogP contribution in [0.4, 0.5) is 26.1 Å². The summed E-state index contributed by atoms with van der Waals surface area (Å²) in [6, 6.07) is 9.52. The molecule has 132 valence electrons. The summed E-state index contributed by atoms with van der Waals surface area (Å²) in [4.78, 5) is 20.4. The van der Waals surface area contributed by atoms with Gasteiger partial charge in [0.1, 0.15) is 17.3 Å². The van der Waals surface area contributed by atoms with Crippen LogP contribution in [0.1, 0.15) is 16.1 Å². The van der Waals surface area contributed by atoms with Crippen LogP contribution < -0.4 is 10.6 Å². The predicted octanol–water partition coefficient (Wildman–Crippen LogP) is 4.71. The molecule has 0 spiro atoms. The lowest BCUT2D eigenvalue weighted by Crippen LogP contribution is -2.15. The number of aromatic nitrogens is 2. The van der Waals surface area contributed by atoms with Gasteiger partial charge in [-0.2, -0.15) is 0 Å². The molecular weight excluding hydrogens is 362 g/mol. The maximum atomic E-state index is 13.7. The Labute approximate surface area is 153 Å². The molecule has 1 heterocycles. The average molecular weight is 375 g/mol. The third-order valence-corrected chi connectivity index (χ3v) is 3.74. The van der Waals surface area contributed by atoms with Gasteiger partial charge in [0.2, 0.25) is 5.95 Å². The van der Waals surface area contributed by atoms with Crippen molar-refractivity contribution >= 4 is 34.8 Å². The second-order valence-corrected chi connectivity index (χ2v) is 5.86. The molecule has 3 rings (SSSR count). The van der Waals surface area contributed by atoms with Gasteiger partial charge in [-0.3, -0.25) is 4.79 Å². The van der Waals surface area contributed by atoms with E-state index in [4.69, 9.17) is 11.6 Å². The summed E-state index contributed by atoms with van der Waals surface area (Å²) >= 11 is 5.92. The molecule has 0 saturated heterocycles.